The van der Waals surface area contributed by atoms with Gasteiger partial charge in [0.1, 0.15) is 0 Å². The third-order valence-corrected chi connectivity index (χ3v) is 4.04. The minimum absolute atomic E-state index is 0.0152. The van der Waals surface area contributed by atoms with E-state index in [0.717, 1.165) is 0 Å². The van der Waals surface area contributed by atoms with Gasteiger partial charge in [0, 0.05) is 16.7 Å². The number of methoxy groups -OCH3 is 1. The van der Waals surface area contributed by atoms with Gasteiger partial charge in [-0.05, 0) is 18.6 Å². The summed E-state index contributed by atoms with van der Waals surface area (Å²) in [5.41, 5.74) is 1.34. The molecule has 1 aliphatic carbocycles. The molecule has 0 saturated carbocycles. The normalized spacial score (nSPS) is 13.8. The predicted octanol–water partition coefficient (Wildman–Crippen LogP) is 3.13. The van der Waals surface area contributed by atoms with E-state index in [1.54, 1.807) is 37.3 Å². The van der Waals surface area contributed by atoms with Crippen molar-refractivity contribution in [2.24, 2.45) is 0 Å². The molecule has 1 aliphatic rings. The molecule has 5 nitrogen and oxygen atoms in total. The van der Waals surface area contributed by atoms with Crippen molar-refractivity contribution < 1.29 is 24.2 Å². The summed E-state index contributed by atoms with van der Waals surface area (Å²) < 4.78 is 5.20. The van der Waals surface area contributed by atoms with Gasteiger partial charge in [-0.25, -0.2) is 4.79 Å². The highest BCUT2D eigenvalue weighted by Gasteiger charge is 2.36. The number of benzene rings is 2. The molecule has 5 heteroatoms. The fraction of sp³-hybridized carbons (Fsp3) is 0.105. The van der Waals surface area contributed by atoms with Crippen molar-refractivity contribution >= 4 is 23.1 Å². The van der Waals surface area contributed by atoms with Crippen molar-refractivity contribution in [3.63, 3.8) is 0 Å². The summed E-state index contributed by atoms with van der Waals surface area (Å²) >= 11 is 0. The molecule has 0 atom stereocenters. The number of carboxylic acids is 1. The molecule has 2 aromatic rings. The van der Waals surface area contributed by atoms with Crippen molar-refractivity contribution in [2.45, 2.75) is 6.92 Å². The molecule has 0 spiro atoms. The average molecular weight is 322 g/mol. The zero-order valence-corrected chi connectivity index (χ0v) is 13.1. The lowest BCUT2D eigenvalue weighted by molar-refractivity contribution is 0.0696. The Labute approximate surface area is 138 Å². The Kier molecular flexibility index (Phi) is 3.77. The second-order valence-corrected chi connectivity index (χ2v) is 5.41. The van der Waals surface area contributed by atoms with E-state index >= 15 is 0 Å². The number of aryl methyl sites for hydroxylation is 1. The van der Waals surface area contributed by atoms with E-state index in [9.17, 15) is 19.5 Å². The van der Waals surface area contributed by atoms with Gasteiger partial charge in [0.2, 0.25) is 5.78 Å². The number of hydrogen-bond acceptors (Lipinski definition) is 4. The summed E-state index contributed by atoms with van der Waals surface area (Å²) in [6.07, 6.45) is 0. The van der Waals surface area contributed by atoms with E-state index in [4.69, 9.17) is 4.74 Å². The van der Waals surface area contributed by atoms with Crippen LogP contribution in [-0.2, 0) is 4.74 Å². The molecule has 24 heavy (non-hydrogen) atoms. The Morgan fingerprint density at radius 2 is 1.62 bits per heavy atom. The van der Waals surface area contributed by atoms with Crippen LogP contribution in [0, 0.1) is 6.92 Å². The maximum atomic E-state index is 13.0. The fourth-order valence-electron chi connectivity index (χ4n) is 2.95. The molecule has 0 fully saturated rings. The standard InChI is InChI=1S/C19H14O5/c1-10-6-5-9-13-14(10)17(21)18(24-2)15(16(13)20)11-7-3-4-8-12(11)19(22)23/h3-9H,1-2H3,(H,22,23). The summed E-state index contributed by atoms with van der Waals surface area (Å²) in [5, 5.41) is 9.39. The number of carbonyl (C=O) groups excluding carboxylic acids is 2. The number of ketones is 2. The fourth-order valence-corrected chi connectivity index (χ4v) is 2.95. The van der Waals surface area contributed by atoms with Crippen molar-refractivity contribution in [2.75, 3.05) is 7.11 Å². The van der Waals surface area contributed by atoms with Crippen LogP contribution in [0.15, 0.2) is 48.2 Å². The Hall–Kier alpha value is -3.21. The minimum atomic E-state index is -1.18. The van der Waals surface area contributed by atoms with Gasteiger partial charge in [0.25, 0.3) is 0 Å². The summed E-state index contributed by atoms with van der Waals surface area (Å²) in [6.45, 7) is 1.74. The van der Waals surface area contributed by atoms with Gasteiger partial charge < -0.3 is 9.84 Å². The molecule has 3 rings (SSSR count). The van der Waals surface area contributed by atoms with Crippen molar-refractivity contribution in [1.82, 2.24) is 0 Å². The third-order valence-electron chi connectivity index (χ3n) is 4.04. The van der Waals surface area contributed by atoms with Crippen LogP contribution in [0.3, 0.4) is 0 Å². The van der Waals surface area contributed by atoms with Crippen LogP contribution in [0.5, 0.6) is 0 Å². The average Bonchev–Trinajstić information content (AvgIpc) is 2.57. The maximum absolute atomic E-state index is 13.0. The van der Waals surface area contributed by atoms with E-state index in [2.05, 4.69) is 0 Å². The van der Waals surface area contributed by atoms with Gasteiger partial charge in [0.05, 0.1) is 18.2 Å². The van der Waals surface area contributed by atoms with Crippen LogP contribution in [-0.4, -0.2) is 29.8 Å². The van der Waals surface area contributed by atoms with Gasteiger partial charge in [-0.3, -0.25) is 9.59 Å². The maximum Gasteiger partial charge on any atom is 0.336 e. The van der Waals surface area contributed by atoms with E-state index in [1.807, 2.05) is 0 Å². The van der Waals surface area contributed by atoms with Crippen molar-refractivity contribution in [1.29, 1.82) is 0 Å². The molecule has 0 amide bonds. The molecule has 0 saturated heterocycles. The highest BCUT2D eigenvalue weighted by atomic mass is 16.5. The Morgan fingerprint density at radius 1 is 0.958 bits per heavy atom. The zero-order chi connectivity index (χ0) is 17.4. The second-order valence-electron chi connectivity index (χ2n) is 5.41. The van der Waals surface area contributed by atoms with Crippen LogP contribution >= 0.6 is 0 Å². The van der Waals surface area contributed by atoms with Crippen LogP contribution in [0.4, 0.5) is 0 Å². The number of fused-ring (bicyclic) bond motifs is 1. The van der Waals surface area contributed by atoms with Crippen LogP contribution in [0.2, 0.25) is 0 Å². The summed E-state index contributed by atoms with van der Waals surface area (Å²) in [7, 11) is 1.30. The molecular formula is C19H14O5. The molecule has 0 radical (unpaired) electrons. The minimum Gasteiger partial charge on any atom is -0.492 e. The number of allylic oxidation sites excluding steroid dienone is 2. The molecule has 0 bridgehead atoms. The Balaban J connectivity index is 2.34. The number of rotatable bonds is 3. The number of carboxylic acid groups (broad SMARTS) is 1. The van der Waals surface area contributed by atoms with Crippen molar-refractivity contribution in [3.8, 4) is 0 Å². The van der Waals surface area contributed by atoms with E-state index in [0.29, 0.717) is 11.1 Å². The largest absolute Gasteiger partial charge is 0.492 e. The van der Waals surface area contributed by atoms with Crippen LogP contribution < -0.4 is 0 Å². The number of carbonyl (C=O) groups is 3. The highest BCUT2D eigenvalue weighted by Crippen LogP contribution is 2.35. The van der Waals surface area contributed by atoms with Gasteiger partial charge in [-0.1, -0.05) is 36.4 Å². The van der Waals surface area contributed by atoms with Crippen LogP contribution in [0.1, 0.15) is 42.2 Å². The molecular weight excluding hydrogens is 308 g/mol. The number of Topliss-reactive ketones (excluding diaryl/α,β-unsaturated/α-hetero) is 2. The Morgan fingerprint density at radius 3 is 2.29 bits per heavy atom. The lowest BCUT2D eigenvalue weighted by Crippen LogP contribution is -2.24. The summed E-state index contributed by atoms with van der Waals surface area (Å²) in [4.78, 5) is 37.3. The predicted molar refractivity (Wildman–Crippen MR) is 87.2 cm³/mol. The quantitative estimate of drug-likeness (QED) is 0.939. The van der Waals surface area contributed by atoms with Crippen LogP contribution in [0.25, 0.3) is 5.57 Å². The first-order chi connectivity index (χ1) is 11.5. The van der Waals surface area contributed by atoms with Gasteiger partial charge in [0.15, 0.2) is 11.5 Å². The zero-order valence-electron chi connectivity index (χ0n) is 13.1. The molecule has 0 heterocycles. The summed E-state index contributed by atoms with van der Waals surface area (Å²) in [6, 6.07) is 11.1. The van der Waals surface area contributed by atoms with E-state index < -0.39 is 17.5 Å². The SMILES string of the molecule is COC1=C(c2ccccc2C(=O)O)C(=O)c2cccc(C)c2C1=O. The topological polar surface area (TPSA) is 80.7 Å². The number of aromatic carboxylic acids is 1. The third kappa shape index (κ3) is 2.22. The Bertz CT molecular complexity index is 921. The van der Waals surface area contributed by atoms with Crippen molar-refractivity contribution in [3.05, 3.63) is 76.0 Å². The molecule has 120 valence electrons. The monoisotopic (exact) mass is 322 g/mol. The van der Waals surface area contributed by atoms with E-state index in [1.165, 1.54) is 19.2 Å². The first-order valence-corrected chi connectivity index (χ1v) is 7.27. The second kappa shape index (κ2) is 5.77. The molecule has 0 unspecified atom stereocenters. The number of hydrogen-bond donors (Lipinski definition) is 1. The van der Waals surface area contributed by atoms with E-state index in [-0.39, 0.29) is 28.0 Å². The highest BCUT2D eigenvalue weighted by molar-refractivity contribution is 6.40. The number of ether oxygens (including phenoxy) is 1. The molecule has 0 aliphatic heterocycles. The van der Waals surface area contributed by atoms with Gasteiger partial charge >= 0.3 is 5.97 Å². The summed E-state index contributed by atoms with van der Waals surface area (Å²) in [5.74, 6) is -2.14. The smallest absolute Gasteiger partial charge is 0.336 e. The molecule has 0 aromatic heterocycles. The lowest BCUT2D eigenvalue weighted by atomic mass is 9.82. The first-order valence-electron chi connectivity index (χ1n) is 7.27. The van der Waals surface area contributed by atoms with Gasteiger partial charge in [-0.15, -0.1) is 0 Å². The lowest BCUT2D eigenvalue weighted by Gasteiger charge is -2.22. The first kappa shape index (κ1) is 15.7. The molecule has 1 N–H and O–H groups in total. The molecule has 2 aromatic carbocycles. The van der Waals surface area contributed by atoms with Gasteiger partial charge in [-0.2, -0.15) is 0 Å².